The zero-order valence-corrected chi connectivity index (χ0v) is 11.7. The van der Waals surface area contributed by atoms with Crippen molar-refractivity contribution in [2.45, 2.75) is 38.9 Å². The SMILES string of the molecule is CC1(C)OB(c2cc(C(N)=O)ccc2N)OC1(C)C. The lowest BCUT2D eigenvalue weighted by atomic mass is 9.77. The van der Waals surface area contributed by atoms with Gasteiger partial charge in [0, 0.05) is 16.7 Å². The Hall–Kier alpha value is -1.53. The van der Waals surface area contributed by atoms with Crippen molar-refractivity contribution in [1.82, 2.24) is 0 Å². The number of hydrogen-bond donors (Lipinski definition) is 2. The molecule has 1 aliphatic heterocycles. The van der Waals surface area contributed by atoms with E-state index >= 15 is 0 Å². The Morgan fingerprint density at radius 2 is 1.68 bits per heavy atom. The molecule has 4 N–H and O–H groups in total. The molecule has 0 aliphatic carbocycles. The van der Waals surface area contributed by atoms with Crippen molar-refractivity contribution in [3.05, 3.63) is 23.8 Å². The van der Waals surface area contributed by atoms with Crippen LogP contribution in [0.4, 0.5) is 5.69 Å². The fourth-order valence-corrected chi connectivity index (χ4v) is 1.90. The lowest BCUT2D eigenvalue weighted by molar-refractivity contribution is 0.00578. The molecule has 0 unspecified atom stereocenters. The molecule has 0 radical (unpaired) electrons. The first kappa shape index (κ1) is 13.9. The molecule has 6 heteroatoms. The minimum absolute atomic E-state index is 0.388. The molecule has 0 bridgehead atoms. The number of carbonyl (C=O) groups excluding carboxylic acids is 1. The largest absolute Gasteiger partial charge is 0.496 e. The fourth-order valence-electron chi connectivity index (χ4n) is 1.90. The normalized spacial score (nSPS) is 20.5. The van der Waals surface area contributed by atoms with Gasteiger partial charge in [0.05, 0.1) is 11.2 Å². The van der Waals surface area contributed by atoms with Crippen molar-refractivity contribution in [2.75, 3.05) is 5.73 Å². The first-order chi connectivity index (χ1) is 8.64. The highest BCUT2D eigenvalue weighted by Crippen LogP contribution is 2.36. The molecule has 1 saturated heterocycles. The van der Waals surface area contributed by atoms with Gasteiger partial charge in [-0.3, -0.25) is 4.79 Å². The first-order valence-electron chi connectivity index (χ1n) is 6.19. The van der Waals surface area contributed by atoms with Crippen LogP contribution in [0.25, 0.3) is 0 Å². The second kappa shape index (κ2) is 4.25. The monoisotopic (exact) mass is 262 g/mol. The Kier molecular flexibility index (Phi) is 3.11. The van der Waals surface area contributed by atoms with Crippen LogP contribution >= 0.6 is 0 Å². The first-order valence-corrected chi connectivity index (χ1v) is 6.19. The van der Waals surface area contributed by atoms with Crippen LogP contribution in [0.15, 0.2) is 18.2 Å². The molecule has 1 aromatic rings. The maximum atomic E-state index is 11.2. The van der Waals surface area contributed by atoms with Gasteiger partial charge < -0.3 is 20.8 Å². The minimum atomic E-state index is -0.593. The summed E-state index contributed by atoms with van der Waals surface area (Å²) in [6.45, 7) is 7.84. The number of hydrogen-bond acceptors (Lipinski definition) is 4. The fraction of sp³-hybridized carbons (Fsp3) is 0.462. The quantitative estimate of drug-likeness (QED) is 0.605. The summed E-state index contributed by atoms with van der Waals surface area (Å²) in [7, 11) is -0.593. The molecule has 0 atom stereocenters. The van der Waals surface area contributed by atoms with E-state index in [1.165, 1.54) is 0 Å². The van der Waals surface area contributed by atoms with Gasteiger partial charge in [-0.1, -0.05) is 0 Å². The third kappa shape index (κ3) is 2.33. The lowest BCUT2D eigenvalue weighted by Gasteiger charge is -2.32. The molecule has 0 saturated carbocycles. The zero-order valence-electron chi connectivity index (χ0n) is 11.7. The number of amides is 1. The van der Waals surface area contributed by atoms with E-state index in [0.717, 1.165) is 0 Å². The predicted octanol–water partition coefficient (Wildman–Crippen LogP) is 0.667. The van der Waals surface area contributed by atoms with Crippen LogP contribution in [0, 0.1) is 0 Å². The molecular formula is C13H19BN2O3. The number of rotatable bonds is 2. The summed E-state index contributed by atoms with van der Waals surface area (Å²) in [5.41, 5.74) is 11.8. The summed E-state index contributed by atoms with van der Waals surface area (Å²) in [6, 6.07) is 4.85. The Balaban J connectivity index is 2.39. The van der Waals surface area contributed by atoms with Crippen LogP contribution in [0.5, 0.6) is 0 Å². The van der Waals surface area contributed by atoms with Gasteiger partial charge in [-0.2, -0.15) is 0 Å². The molecule has 1 fully saturated rings. The van der Waals surface area contributed by atoms with Gasteiger partial charge in [-0.05, 0) is 45.9 Å². The van der Waals surface area contributed by atoms with Crippen LogP contribution < -0.4 is 16.9 Å². The molecule has 2 rings (SSSR count). The van der Waals surface area contributed by atoms with Crippen molar-refractivity contribution in [3.63, 3.8) is 0 Å². The van der Waals surface area contributed by atoms with Gasteiger partial charge in [-0.15, -0.1) is 0 Å². The van der Waals surface area contributed by atoms with Crippen LogP contribution in [0.2, 0.25) is 0 Å². The third-order valence-corrected chi connectivity index (χ3v) is 3.88. The van der Waals surface area contributed by atoms with E-state index in [1.807, 2.05) is 27.7 Å². The lowest BCUT2D eigenvalue weighted by Crippen LogP contribution is -2.41. The van der Waals surface area contributed by atoms with E-state index in [2.05, 4.69) is 0 Å². The highest BCUT2D eigenvalue weighted by Gasteiger charge is 2.52. The smallest absolute Gasteiger partial charge is 0.399 e. The number of primary amides is 1. The highest BCUT2D eigenvalue weighted by molar-refractivity contribution is 6.64. The van der Waals surface area contributed by atoms with Crippen LogP contribution in [0.3, 0.4) is 0 Å². The van der Waals surface area contributed by atoms with E-state index in [0.29, 0.717) is 16.7 Å². The molecule has 5 nitrogen and oxygen atoms in total. The third-order valence-electron chi connectivity index (χ3n) is 3.88. The van der Waals surface area contributed by atoms with Gasteiger partial charge in [-0.25, -0.2) is 0 Å². The van der Waals surface area contributed by atoms with E-state index in [1.54, 1.807) is 18.2 Å². The van der Waals surface area contributed by atoms with E-state index in [9.17, 15) is 4.79 Å². The van der Waals surface area contributed by atoms with Crippen molar-refractivity contribution >= 4 is 24.2 Å². The van der Waals surface area contributed by atoms with E-state index < -0.39 is 24.2 Å². The molecule has 1 heterocycles. The molecule has 1 aliphatic rings. The summed E-state index contributed by atoms with van der Waals surface area (Å²) in [5, 5.41) is 0. The van der Waals surface area contributed by atoms with E-state index in [4.69, 9.17) is 20.8 Å². The number of anilines is 1. The van der Waals surface area contributed by atoms with Crippen LogP contribution in [0.1, 0.15) is 38.1 Å². The second-order valence-electron chi connectivity index (χ2n) is 5.80. The Bertz CT molecular complexity index is 513. The zero-order chi connectivity index (χ0) is 14.4. The average Bonchev–Trinajstić information content (AvgIpc) is 2.48. The van der Waals surface area contributed by atoms with Crippen LogP contribution in [-0.2, 0) is 9.31 Å². The Labute approximate surface area is 113 Å². The number of nitrogen functional groups attached to an aromatic ring is 1. The molecule has 1 amide bonds. The van der Waals surface area contributed by atoms with Crippen molar-refractivity contribution in [1.29, 1.82) is 0 Å². The molecule has 0 spiro atoms. The summed E-state index contributed by atoms with van der Waals surface area (Å²) in [6.07, 6.45) is 0. The highest BCUT2D eigenvalue weighted by atomic mass is 16.7. The summed E-state index contributed by atoms with van der Waals surface area (Å²) in [5.74, 6) is -0.502. The van der Waals surface area contributed by atoms with Crippen molar-refractivity contribution < 1.29 is 14.1 Å². The summed E-state index contributed by atoms with van der Waals surface area (Å²) < 4.78 is 11.8. The van der Waals surface area contributed by atoms with Gasteiger partial charge in [0.2, 0.25) is 5.91 Å². The molecule has 102 valence electrons. The van der Waals surface area contributed by atoms with Gasteiger partial charge in [0.25, 0.3) is 0 Å². The molecule has 19 heavy (non-hydrogen) atoms. The average molecular weight is 262 g/mol. The molecular weight excluding hydrogens is 243 g/mol. The van der Waals surface area contributed by atoms with Gasteiger partial charge in [0.1, 0.15) is 0 Å². The predicted molar refractivity (Wildman–Crippen MR) is 75.1 cm³/mol. The number of nitrogens with two attached hydrogens (primary N) is 2. The van der Waals surface area contributed by atoms with Gasteiger partial charge in [0.15, 0.2) is 0 Å². The minimum Gasteiger partial charge on any atom is -0.399 e. The van der Waals surface area contributed by atoms with Crippen molar-refractivity contribution in [2.24, 2.45) is 5.73 Å². The number of carbonyl (C=O) groups is 1. The Morgan fingerprint density at radius 1 is 1.16 bits per heavy atom. The summed E-state index contributed by atoms with van der Waals surface area (Å²) in [4.78, 5) is 11.2. The number of benzene rings is 1. The summed E-state index contributed by atoms with van der Waals surface area (Å²) >= 11 is 0. The van der Waals surface area contributed by atoms with E-state index in [-0.39, 0.29) is 0 Å². The van der Waals surface area contributed by atoms with Crippen LogP contribution in [-0.4, -0.2) is 24.2 Å². The topological polar surface area (TPSA) is 87.6 Å². The van der Waals surface area contributed by atoms with Crippen molar-refractivity contribution in [3.8, 4) is 0 Å². The maximum absolute atomic E-state index is 11.2. The second-order valence-corrected chi connectivity index (χ2v) is 5.80. The Morgan fingerprint density at radius 3 is 2.16 bits per heavy atom. The molecule has 1 aromatic carbocycles. The van der Waals surface area contributed by atoms with Gasteiger partial charge >= 0.3 is 7.12 Å². The standard InChI is InChI=1S/C13H19BN2O3/c1-12(2)13(3,4)19-14(18-12)9-7-8(11(16)17)5-6-10(9)15/h5-7H,15H2,1-4H3,(H2,16,17). The molecule has 0 aromatic heterocycles. The maximum Gasteiger partial charge on any atom is 0.496 e.